The Morgan fingerprint density at radius 2 is 2.29 bits per heavy atom. The van der Waals surface area contributed by atoms with Gasteiger partial charge in [0, 0.05) is 18.8 Å². The van der Waals surface area contributed by atoms with Gasteiger partial charge in [-0.25, -0.2) is 4.98 Å². The highest BCUT2D eigenvalue weighted by molar-refractivity contribution is 5.45. The summed E-state index contributed by atoms with van der Waals surface area (Å²) in [5.41, 5.74) is 2.56. The standard InChI is InChI=1S/C17H27N3O/c1-3-5-14-10-13(12-18-2)11-17(19-14)20-8-9-21-16-7-4-6-15(16)20/h10-11,15-16,18H,3-9,12H2,1-2H3. The molecule has 1 saturated carbocycles. The van der Waals surface area contributed by atoms with Crippen molar-refractivity contribution in [1.82, 2.24) is 10.3 Å². The van der Waals surface area contributed by atoms with Crippen LogP contribution in [-0.2, 0) is 17.7 Å². The third kappa shape index (κ3) is 3.22. The van der Waals surface area contributed by atoms with Gasteiger partial charge in [0.1, 0.15) is 5.82 Å². The molecule has 2 unspecified atom stereocenters. The first kappa shape index (κ1) is 14.8. The van der Waals surface area contributed by atoms with Gasteiger partial charge in [0.2, 0.25) is 0 Å². The third-order valence-electron chi connectivity index (χ3n) is 4.59. The van der Waals surface area contributed by atoms with E-state index in [4.69, 9.17) is 9.72 Å². The number of morpholine rings is 1. The van der Waals surface area contributed by atoms with Crippen LogP contribution in [0, 0.1) is 0 Å². The molecule has 3 rings (SSSR count). The normalized spacial score (nSPS) is 25.1. The maximum atomic E-state index is 5.93. The molecule has 4 heteroatoms. The monoisotopic (exact) mass is 289 g/mol. The highest BCUT2D eigenvalue weighted by Crippen LogP contribution is 2.32. The molecule has 0 spiro atoms. The second-order valence-corrected chi connectivity index (χ2v) is 6.21. The van der Waals surface area contributed by atoms with Crippen LogP contribution < -0.4 is 10.2 Å². The maximum Gasteiger partial charge on any atom is 0.129 e. The number of aryl methyl sites for hydroxylation is 1. The lowest BCUT2D eigenvalue weighted by molar-refractivity contribution is 0.0253. The fourth-order valence-electron chi connectivity index (χ4n) is 3.68. The van der Waals surface area contributed by atoms with Gasteiger partial charge >= 0.3 is 0 Å². The molecule has 0 aromatic carbocycles. The van der Waals surface area contributed by atoms with Gasteiger partial charge in [-0.15, -0.1) is 0 Å². The number of aromatic nitrogens is 1. The van der Waals surface area contributed by atoms with E-state index in [-0.39, 0.29) is 0 Å². The Balaban J connectivity index is 1.88. The lowest BCUT2D eigenvalue weighted by atomic mass is 10.1. The Labute approximate surface area is 127 Å². The van der Waals surface area contributed by atoms with Crippen molar-refractivity contribution in [2.24, 2.45) is 0 Å². The van der Waals surface area contributed by atoms with Crippen LogP contribution in [0.25, 0.3) is 0 Å². The zero-order valence-electron chi connectivity index (χ0n) is 13.3. The molecule has 2 fully saturated rings. The maximum absolute atomic E-state index is 5.93. The van der Waals surface area contributed by atoms with Crippen molar-refractivity contribution < 1.29 is 4.74 Å². The molecule has 4 nitrogen and oxygen atoms in total. The van der Waals surface area contributed by atoms with E-state index in [1.54, 1.807) is 0 Å². The van der Waals surface area contributed by atoms with Gasteiger partial charge in [0.15, 0.2) is 0 Å². The van der Waals surface area contributed by atoms with Gasteiger partial charge in [-0.2, -0.15) is 0 Å². The van der Waals surface area contributed by atoms with Crippen LogP contribution in [0.5, 0.6) is 0 Å². The predicted molar refractivity (Wildman–Crippen MR) is 85.7 cm³/mol. The van der Waals surface area contributed by atoms with E-state index in [2.05, 4.69) is 29.3 Å². The van der Waals surface area contributed by atoms with Crippen molar-refractivity contribution in [3.05, 3.63) is 23.4 Å². The molecule has 0 amide bonds. The molecule has 0 radical (unpaired) electrons. The van der Waals surface area contributed by atoms with Gasteiger partial charge in [0.05, 0.1) is 18.8 Å². The molecule has 0 bridgehead atoms. The van der Waals surface area contributed by atoms with Crippen LogP contribution in [0.3, 0.4) is 0 Å². The summed E-state index contributed by atoms with van der Waals surface area (Å²) in [4.78, 5) is 7.43. The van der Waals surface area contributed by atoms with Crippen LogP contribution in [0.1, 0.15) is 43.9 Å². The summed E-state index contributed by atoms with van der Waals surface area (Å²) >= 11 is 0. The van der Waals surface area contributed by atoms with E-state index in [9.17, 15) is 0 Å². The fourth-order valence-corrected chi connectivity index (χ4v) is 3.68. The first-order valence-electron chi connectivity index (χ1n) is 8.34. The molecular formula is C17H27N3O. The zero-order chi connectivity index (χ0) is 14.7. The van der Waals surface area contributed by atoms with Crippen LogP contribution >= 0.6 is 0 Å². The van der Waals surface area contributed by atoms with Crippen molar-refractivity contribution in [1.29, 1.82) is 0 Å². The largest absolute Gasteiger partial charge is 0.374 e. The van der Waals surface area contributed by atoms with Gasteiger partial charge in [-0.3, -0.25) is 0 Å². The molecule has 2 heterocycles. The molecule has 2 atom stereocenters. The topological polar surface area (TPSA) is 37.4 Å². The molecule has 21 heavy (non-hydrogen) atoms. The predicted octanol–water partition coefficient (Wildman–Crippen LogP) is 2.51. The molecule has 1 saturated heterocycles. The number of pyridine rings is 1. The SMILES string of the molecule is CCCc1cc(CNC)cc(N2CCOC3CCCC32)n1. The van der Waals surface area contributed by atoms with Crippen molar-refractivity contribution in [2.75, 3.05) is 25.1 Å². The number of rotatable bonds is 5. The number of anilines is 1. The number of nitrogens with one attached hydrogen (secondary N) is 1. The Kier molecular flexibility index (Phi) is 4.76. The minimum atomic E-state index is 0.420. The summed E-state index contributed by atoms with van der Waals surface area (Å²) in [6.07, 6.45) is 6.35. The average molecular weight is 289 g/mol. The van der Waals surface area contributed by atoms with E-state index in [0.29, 0.717) is 12.1 Å². The number of nitrogens with zero attached hydrogens (tertiary/aromatic N) is 2. The van der Waals surface area contributed by atoms with Crippen molar-refractivity contribution in [3.63, 3.8) is 0 Å². The lowest BCUT2D eigenvalue weighted by Crippen LogP contribution is -2.49. The minimum Gasteiger partial charge on any atom is -0.374 e. The summed E-state index contributed by atoms with van der Waals surface area (Å²) in [5.74, 6) is 1.16. The van der Waals surface area contributed by atoms with Crippen LogP contribution in [0.4, 0.5) is 5.82 Å². The summed E-state index contributed by atoms with van der Waals surface area (Å²) in [7, 11) is 2.00. The molecule has 1 aliphatic carbocycles. The quantitative estimate of drug-likeness (QED) is 0.904. The number of fused-ring (bicyclic) bond motifs is 1. The number of hydrogen-bond acceptors (Lipinski definition) is 4. The van der Waals surface area contributed by atoms with E-state index >= 15 is 0 Å². The van der Waals surface area contributed by atoms with Crippen LogP contribution in [0.15, 0.2) is 12.1 Å². The molecule has 1 aliphatic heterocycles. The Bertz CT molecular complexity index is 453. The van der Waals surface area contributed by atoms with Crippen molar-refractivity contribution in [2.45, 2.75) is 57.7 Å². The van der Waals surface area contributed by atoms with Gasteiger partial charge in [0.25, 0.3) is 0 Å². The molecule has 1 N–H and O–H groups in total. The second kappa shape index (κ2) is 6.75. The van der Waals surface area contributed by atoms with Gasteiger partial charge in [-0.05, 0) is 50.4 Å². The summed E-state index contributed by atoms with van der Waals surface area (Å²) in [5, 5.41) is 3.26. The fraction of sp³-hybridized carbons (Fsp3) is 0.706. The summed E-state index contributed by atoms with van der Waals surface area (Å²) < 4.78 is 5.93. The van der Waals surface area contributed by atoms with Gasteiger partial charge in [-0.1, -0.05) is 13.3 Å². The van der Waals surface area contributed by atoms with Crippen molar-refractivity contribution >= 4 is 5.82 Å². The van der Waals surface area contributed by atoms with Crippen LogP contribution in [-0.4, -0.2) is 37.3 Å². The van der Waals surface area contributed by atoms with Gasteiger partial charge < -0.3 is 15.0 Å². The summed E-state index contributed by atoms with van der Waals surface area (Å²) in [6, 6.07) is 5.04. The smallest absolute Gasteiger partial charge is 0.129 e. The summed E-state index contributed by atoms with van der Waals surface area (Å²) in [6.45, 7) is 4.93. The molecular weight excluding hydrogens is 262 g/mol. The molecule has 2 aliphatic rings. The molecule has 116 valence electrons. The Morgan fingerprint density at radius 3 is 3.10 bits per heavy atom. The van der Waals surface area contributed by atoms with E-state index in [1.165, 1.54) is 30.5 Å². The van der Waals surface area contributed by atoms with E-state index in [0.717, 1.165) is 38.4 Å². The van der Waals surface area contributed by atoms with E-state index in [1.807, 2.05) is 7.05 Å². The van der Waals surface area contributed by atoms with Crippen molar-refractivity contribution in [3.8, 4) is 0 Å². The van der Waals surface area contributed by atoms with Crippen LogP contribution in [0.2, 0.25) is 0 Å². The highest BCUT2D eigenvalue weighted by Gasteiger charge is 2.36. The van der Waals surface area contributed by atoms with E-state index < -0.39 is 0 Å². The first-order valence-corrected chi connectivity index (χ1v) is 8.34. The Hall–Kier alpha value is -1.13. The second-order valence-electron chi connectivity index (χ2n) is 6.21. The number of hydrogen-bond donors (Lipinski definition) is 1. The molecule has 1 aromatic heterocycles. The lowest BCUT2D eigenvalue weighted by Gasteiger charge is -2.38. The average Bonchev–Trinajstić information content (AvgIpc) is 2.96. The molecule has 1 aromatic rings. The Morgan fingerprint density at radius 1 is 1.38 bits per heavy atom. The number of ether oxygens (including phenoxy) is 1. The minimum absolute atomic E-state index is 0.420. The third-order valence-corrected chi connectivity index (χ3v) is 4.59. The zero-order valence-corrected chi connectivity index (χ0v) is 13.3. The first-order chi connectivity index (χ1) is 10.3. The highest BCUT2D eigenvalue weighted by atomic mass is 16.5.